The van der Waals surface area contributed by atoms with Gasteiger partial charge < -0.3 is 18.3 Å². The fourth-order valence-electron chi connectivity index (χ4n) is 18.5. The Morgan fingerprint density at radius 2 is 0.804 bits per heavy atom. The average molecular weight is 1300 g/mol. The first-order valence-corrected chi connectivity index (χ1v) is 35.8. The maximum absolute atomic E-state index is 7.12. The van der Waals surface area contributed by atoms with Crippen LogP contribution in [0.2, 0.25) is 0 Å². The van der Waals surface area contributed by atoms with E-state index in [-0.39, 0.29) is 17.5 Å². The molecule has 0 atom stereocenters. The van der Waals surface area contributed by atoms with Crippen LogP contribution in [-0.2, 0) is 10.8 Å². The molecular formula is C97H65BN2O2. The Morgan fingerprint density at radius 1 is 0.294 bits per heavy atom. The molecular weight excluding hydrogens is 1240 g/mol. The van der Waals surface area contributed by atoms with E-state index in [2.05, 4.69) is 347 Å². The van der Waals surface area contributed by atoms with Crippen LogP contribution in [0.3, 0.4) is 0 Å². The first-order chi connectivity index (χ1) is 50.0. The molecule has 0 saturated carbocycles. The zero-order chi connectivity index (χ0) is 67.6. The molecule has 0 saturated heterocycles. The number of nitrogens with zero attached hydrogens (tertiary/aromatic N) is 2. The highest BCUT2D eigenvalue weighted by molar-refractivity contribution is 7.00. The van der Waals surface area contributed by atoms with Crippen LogP contribution in [0.4, 0.5) is 17.1 Å². The van der Waals surface area contributed by atoms with E-state index in [9.17, 15) is 0 Å². The second-order valence-corrected chi connectivity index (χ2v) is 30.1. The summed E-state index contributed by atoms with van der Waals surface area (Å²) in [5.74, 6) is 0. The summed E-state index contributed by atoms with van der Waals surface area (Å²) in [5, 5.41) is 22.0. The van der Waals surface area contributed by atoms with Crippen molar-refractivity contribution in [2.75, 3.05) is 4.90 Å². The minimum Gasteiger partial charge on any atom is -0.455 e. The van der Waals surface area contributed by atoms with Gasteiger partial charge in [-0.1, -0.05) is 283 Å². The summed E-state index contributed by atoms with van der Waals surface area (Å²) in [6.07, 6.45) is 0. The third kappa shape index (κ3) is 7.88. The van der Waals surface area contributed by atoms with E-state index in [1.54, 1.807) is 0 Å². The van der Waals surface area contributed by atoms with Crippen molar-refractivity contribution < 1.29 is 8.83 Å². The highest BCUT2D eigenvalue weighted by atomic mass is 16.3. The van der Waals surface area contributed by atoms with Crippen LogP contribution >= 0.6 is 0 Å². The van der Waals surface area contributed by atoms with Gasteiger partial charge in [0.15, 0.2) is 0 Å². The van der Waals surface area contributed by atoms with Gasteiger partial charge in [0.1, 0.15) is 22.3 Å². The fourth-order valence-corrected chi connectivity index (χ4v) is 18.5. The van der Waals surface area contributed by atoms with Crippen molar-refractivity contribution in [2.24, 2.45) is 0 Å². The number of anilines is 3. The van der Waals surface area contributed by atoms with E-state index in [1.165, 1.54) is 120 Å². The van der Waals surface area contributed by atoms with Crippen LogP contribution in [0.1, 0.15) is 51.3 Å². The number of hydrogen-bond acceptors (Lipinski definition) is 3. The Hall–Kier alpha value is -12.4. The predicted octanol–water partition coefficient (Wildman–Crippen LogP) is 24.7. The first-order valence-electron chi connectivity index (χ1n) is 35.8. The van der Waals surface area contributed by atoms with Crippen molar-refractivity contribution in [3.8, 4) is 39.1 Å². The molecule has 17 aromatic carbocycles. The van der Waals surface area contributed by atoms with E-state index in [0.717, 1.165) is 100 Å². The molecule has 0 aliphatic carbocycles. The lowest BCUT2D eigenvalue weighted by Gasteiger charge is -2.42. The van der Waals surface area contributed by atoms with Crippen molar-refractivity contribution in [1.82, 2.24) is 4.57 Å². The molecule has 0 unspecified atom stereocenters. The maximum atomic E-state index is 7.12. The Kier molecular flexibility index (Phi) is 11.7. The molecule has 20 aromatic rings. The molecule has 0 fully saturated rings. The minimum atomic E-state index is -0.343. The van der Waals surface area contributed by atoms with Gasteiger partial charge in [-0.25, -0.2) is 0 Å². The fraction of sp³-hybridized carbons (Fsp3) is 0.0722. The topological polar surface area (TPSA) is 34.5 Å². The molecule has 5 heteroatoms. The Bertz CT molecular complexity index is 7050. The number of fused-ring (bicyclic) bond motifs is 27. The smallest absolute Gasteiger partial charge is 0.252 e. The van der Waals surface area contributed by atoms with Gasteiger partial charge in [-0.2, -0.15) is 0 Å². The molecule has 102 heavy (non-hydrogen) atoms. The summed E-state index contributed by atoms with van der Waals surface area (Å²) in [6, 6.07) is 115. The molecule has 3 aromatic heterocycles. The summed E-state index contributed by atoms with van der Waals surface area (Å²) < 4.78 is 16.7. The molecule has 0 spiro atoms. The van der Waals surface area contributed by atoms with Crippen LogP contribution in [0.25, 0.3) is 169 Å². The third-order valence-electron chi connectivity index (χ3n) is 23.4. The summed E-state index contributed by atoms with van der Waals surface area (Å²) in [6.45, 7) is 11.5. The summed E-state index contributed by atoms with van der Waals surface area (Å²) >= 11 is 0. The molecule has 478 valence electrons. The van der Waals surface area contributed by atoms with Crippen molar-refractivity contribution in [1.29, 1.82) is 0 Å². The number of aromatic nitrogens is 1. The van der Waals surface area contributed by atoms with Crippen LogP contribution in [-0.4, -0.2) is 11.3 Å². The normalized spacial score (nSPS) is 13.1. The molecule has 2 aliphatic heterocycles. The zero-order valence-corrected chi connectivity index (χ0v) is 57.2. The average Bonchev–Trinajstić information content (AvgIpc) is 1.45. The maximum Gasteiger partial charge on any atom is 0.252 e. The lowest BCUT2D eigenvalue weighted by Crippen LogP contribution is -2.60. The standard InChI is InChI=1S/C97H65BN2O2/c1-96(2,3)58-42-45-61(46-43-58)99-82-49-44-60(97(4,5)59-23-7-6-8-24-59)54-80(82)98-81-55-79-69-30-12-10-26-65(69)67-28-14-16-34-73(67)89(79)91-90-83(50-48-74-68-29-11-9-25-64(68)66-27-13-15-33-72(66)88(74)90)100(93(81)91)85-53-57(52-84(99)92(85)98)62-47-41-56(63-35-21-36-75-70-31-17-19-39-86(70)101-94(63)75)51-78(62)77-38-22-37-76-71-32-18-20-40-87(71)102-95(76)77/h6-55H,1-5H3. The first kappa shape index (κ1) is 57.5. The van der Waals surface area contributed by atoms with Crippen LogP contribution in [0.5, 0.6) is 0 Å². The summed E-state index contributed by atoms with van der Waals surface area (Å²) in [5.41, 5.74) is 24.1. The van der Waals surface area contributed by atoms with Crippen molar-refractivity contribution in [2.45, 2.75) is 45.4 Å². The van der Waals surface area contributed by atoms with Gasteiger partial charge in [0.05, 0.1) is 11.0 Å². The van der Waals surface area contributed by atoms with Crippen molar-refractivity contribution >= 4 is 170 Å². The molecule has 0 radical (unpaired) electrons. The van der Waals surface area contributed by atoms with Crippen LogP contribution < -0.4 is 21.3 Å². The van der Waals surface area contributed by atoms with E-state index in [0.29, 0.717) is 0 Å². The lowest BCUT2D eigenvalue weighted by atomic mass is 9.33. The quantitative estimate of drug-likeness (QED) is 0.123. The lowest BCUT2D eigenvalue weighted by molar-refractivity contribution is 0.590. The van der Waals surface area contributed by atoms with Crippen LogP contribution in [0, 0.1) is 0 Å². The third-order valence-corrected chi connectivity index (χ3v) is 23.4. The van der Waals surface area contributed by atoms with Gasteiger partial charge in [-0.15, -0.1) is 0 Å². The summed E-state index contributed by atoms with van der Waals surface area (Å²) in [7, 11) is 0. The Morgan fingerprint density at radius 3 is 1.43 bits per heavy atom. The highest BCUT2D eigenvalue weighted by Gasteiger charge is 2.45. The molecule has 4 nitrogen and oxygen atoms in total. The van der Waals surface area contributed by atoms with Crippen molar-refractivity contribution in [3.63, 3.8) is 0 Å². The number of rotatable bonds is 6. The van der Waals surface area contributed by atoms with Gasteiger partial charge >= 0.3 is 0 Å². The molecule has 22 rings (SSSR count). The van der Waals surface area contributed by atoms with Gasteiger partial charge in [-0.05, 0) is 169 Å². The highest BCUT2D eigenvalue weighted by Crippen LogP contribution is 2.53. The molecule has 0 amide bonds. The Labute approximate surface area is 589 Å². The number of furan rings is 2. The predicted molar refractivity (Wildman–Crippen MR) is 433 cm³/mol. The molecule has 5 heterocycles. The molecule has 2 aliphatic rings. The van der Waals surface area contributed by atoms with Crippen molar-refractivity contribution in [3.05, 3.63) is 320 Å². The SMILES string of the molecule is CC(C)(C)c1ccc(N2c3ccc(C(C)(C)c4ccccc4)cc3B3c4c2cc(-c2ccc(-c5cccc6c5oc5ccccc56)cc2-c2cccc5c2oc2ccccc25)cc4-n2c4ccc5c6ccccc6c6ccccc6c5c4c4c5c6ccccc6c6ccccc6c5cc3c42)cc1. The number of benzene rings is 17. The van der Waals surface area contributed by atoms with E-state index in [4.69, 9.17) is 8.83 Å². The zero-order valence-electron chi connectivity index (χ0n) is 57.2. The minimum absolute atomic E-state index is 0.0632. The monoisotopic (exact) mass is 1300 g/mol. The van der Waals surface area contributed by atoms with Gasteiger partial charge in [0, 0.05) is 82.4 Å². The second-order valence-electron chi connectivity index (χ2n) is 30.1. The molecule has 0 bridgehead atoms. The van der Waals surface area contributed by atoms with Gasteiger partial charge in [0.25, 0.3) is 6.71 Å². The molecule has 0 N–H and O–H groups in total. The van der Waals surface area contributed by atoms with Gasteiger partial charge in [-0.3, -0.25) is 0 Å². The van der Waals surface area contributed by atoms with E-state index in [1.807, 2.05) is 0 Å². The van der Waals surface area contributed by atoms with E-state index < -0.39 is 0 Å². The largest absolute Gasteiger partial charge is 0.455 e. The van der Waals surface area contributed by atoms with E-state index >= 15 is 0 Å². The van der Waals surface area contributed by atoms with Gasteiger partial charge in [0.2, 0.25) is 0 Å². The van der Waals surface area contributed by atoms with Crippen LogP contribution in [0.15, 0.2) is 312 Å². The summed E-state index contributed by atoms with van der Waals surface area (Å²) in [4.78, 5) is 2.61. The number of hydrogen-bond donors (Lipinski definition) is 0. The number of para-hydroxylation sites is 4. The second kappa shape index (κ2) is 20.8. The Balaban J connectivity index is 0.937.